The quantitative estimate of drug-likeness (QED) is 0.215. The molecule has 0 bridgehead atoms. The predicted molar refractivity (Wildman–Crippen MR) is 191 cm³/mol. The third-order valence-corrected chi connectivity index (χ3v) is 13.5. The first-order chi connectivity index (χ1) is 24.4. The molecule has 2 aromatic carbocycles. The normalized spacial score (nSPS) is 26.7. The van der Waals surface area contributed by atoms with E-state index in [0.29, 0.717) is 37.1 Å². The highest BCUT2D eigenvalue weighted by Crippen LogP contribution is 2.61. The lowest BCUT2D eigenvalue weighted by Gasteiger charge is -2.33. The molecule has 9 nitrogen and oxygen atoms in total. The summed E-state index contributed by atoms with van der Waals surface area (Å²) in [6, 6.07) is 5.92. The van der Waals surface area contributed by atoms with E-state index in [2.05, 4.69) is 9.88 Å². The summed E-state index contributed by atoms with van der Waals surface area (Å²) in [6.07, 6.45) is 5.01. The molecule has 2 N–H and O–H groups in total. The van der Waals surface area contributed by atoms with Crippen LogP contribution in [0.1, 0.15) is 57.4 Å². The van der Waals surface area contributed by atoms with Crippen LogP contribution < -0.4 is 15.4 Å². The number of fused-ring (bicyclic) bond motifs is 3. The van der Waals surface area contributed by atoms with Crippen molar-refractivity contribution in [1.82, 2.24) is 19.8 Å². The number of aromatic nitrogens is 2. The highest BCUT2D eigenvalue weighted by molar-refractivity contribution is 7.23. The van der Waals surface area contributed by atoms with Crippen LogP contribution in [0.4, 0.5) is 24.0 Å². The lowest BCUT2D eigenvalue weighted by Crippen LogP contribution is -2.45. The Bertz CT molecular complexity index is 2190. The lowest BCUT2D eigenvalue weighted by atomic mass is 9.89. The van der Waals surface area contributed by atoms with E-state index in [1.165, 1.54) is 12.1 Å². The van der Waals surface area contributed by atoms with E-state index in [-0.39, 0.29) is 84.3 Å². The van der Waals surface area contributed by atoms with Gasteiger partial charge in [-0.05, 0) is 68.6 Å². The van der Waals surface area contributed by atoms with Crippen LogP contribution in [-0.2, 0) is 4.79 Å². The Kier molecular flexibility index (Phi) is 7.49. The molecule has 9 rings (SSSR count). The highest BCUT2D eigenvalue weighted by atomic mass is 35.5. The smallest absolute Gasteiger partial charge is 0.319 e. The summed E-state index contributed by atoms with van der Waals surface area (Å²) in [6.45, 7) is 4.00. The molecule has 5 heterocycles. The summed E-state index contributed by atoms with van der Waals surface area (Å²) in [5.74, 6) is -0.725. The molecule has 14 heteroatoms. The molecule has 5 aliphatic rings. The Morgan fingerprint density at radius 3 is 2.76 bits per heavy atom. The van der Waals surface area contributed by atoms with Crippen LogP contribution in [-0.4, -0.2) is 82.8 Å². The first-order valence-electron chi connectivity index (χ1n) is 17.6. The molecule has 3 aliphatic heterocycles. The van der Waals surface area contributed by atoms with Gasteiger partial charge in [-0.1, -0.05) is 17.7 Å². The van der Waals surface area contributed by atoms with E-state index in [0.717, 1.165) is 50.0 Å². The fourth-order valence-corrected chi connectivity index (χ4v) is 10.5. The van der Waals surface area contributed by atoms with Gasteiger partial charge in [0.15, 0.2) is 5.82 Å². The molecule has 5 fully saturated rings. The maximum absolute atomic E-state index is 17.2. The standard InChI is InChI=1S/C37H37ClF3N7O2S/c1-18-26(7-10-48(18)34(49)19-3-4-19)46(2)33-22-11-24(38)28(21-5-6-25(40)31-27(21)23(13-42)32(43)51-31)29(41)30(22)44-35(45-33)50-17-37-12-20(39)14-47(37)16-36(15-37)8-9-36/h5-6,11,18-20,26H,3-4,7-10,12,14-17,43H2,1-2H3/t18-,20-,26-,37-/m1/s1. The maximum Gasteiger partial charge on any atom is 0.319 e. The van der Waals surface area contributed by atoms with Gasteiger partial charge in [0.1, 0.15) is 41.0 Å². The molecule has 2 aliphatic carbocycles. The molecule has 266 valence electrons. The van der Waals surface area contributed by atoms with Gasteiger partial charge in [0.2, 0.25) is 5.91 Å². The first kappa shape index (κ1) is 33.0. The number of nitrogen functional groups attached to an aromatic ring is 1. The van der Waals surface area contributed by atoms with E-state index in [1.54, 1.807) is 6.07 Å². The minimum absolute atomic E-state index is 0.0219. The van der Waals surface area contributed by atoms with Crippen LogP contribution in [0, 0.1) is 34.3 Å². The van der Waals surface area contributed by atoms with Gasteiger partial charge in [-0.2, -0.15) is 15.2 Å². The number of hydrogen-bond donors (Lipinski definition) is 1. The zero-order chi connectivity index (χ0) is 35.6. The number of hydrogen-bond acceptors (Lipinski definition) is 9. The van der Waals surface area contributed by atoms with Crippen molar-refractivity contribution in [3.63, 3.8) is 0 Å². The van der Waals surface area contributed by atoms with Crippen molar-refractivity contribution in [1.29, 1.82) is 5.26 Å². The third-order valence-electron chi connectivity index (χ3n) is 12.1. The predicted octanol–water partition coefficient (Wildman–Crippen LogP) is 7.08. The molecule has 2 aromatic heterocycles. The second-order valence-electron chi connectivity index (χ2n) is 15.4. The highest BCUT2D eigenvalue weighted by Gasteiger charge is 2.62. The molecule has 51 heavy (non-hydrogen) atoms. The Morgan fingerprint density at radius 2 is 2.04 bits per heavy atom. The average molecular weight is 736 g/mol. The van der Waals surface area contributed by atoms with Gasteiger partial charge in [0, 0.05) is 61.4 Å². The molecule has 1 spiro atoms. The molecule has 4 aromatic rings. The molecular formula is C37H37ClF3N7O2S. The number of likely N-dealkylation sites (N-methyl/N-ethyl adjacent to an activating group) is 1. The Labute approximate surface area is 302 Å². The van der Waals surface area contributed by atoms with Gasteiger partial charge in [-0.25, -0.2) is 13.2 Å². The maximum atomic E-state index is 17.2. The van der Waals surface area contributed by atoms with Gasteiger partial charge < -0.3 is 20.3 Å². The Hall–Kier alpha value is -3.86. The van der Waals surface area contributed by atoms with E-state index < -0.39 is 23.3 Å². The Morgan fingerprint density at radius 1 is 1.25 bits per heavy atom. The van der Waals surface area contributed by atoms with Crippen LogP contribution in [0.15, 0.2) is 18.2 Å². The zero-order valence-electron chi connectivity index (χ0n) is 28.3. The number of benzene rings is 2. The van der Waals surface area contributed by atoms with Crippen molar-refractivity contribution in [2.75, 3.05) is 43.9 Å². The number of thiophene rings is 1. The second-order valence-corrected chi connectivity index (χ2v) is 16.9. The van der Waals surface area contributed by atoms with Crippen LogP contribution >= 0.6 is 22.9 Å². The molecule has 1 amide bonds. The van der Waals surface area contributed by atoms with Gasteiger partial charge in [0.05, 0.1) is 26.9 Å². The molecule has 0 unspecified atom stereocenters. The first-order valence-corrected chi connectivity index (χ1v) is 18.8. The van der Waals surface area contributed by atoms with E-state index in [1.807, 2.05) is 29.8 Å². The number of anilines is 2. The van der Waals surface area contributed by atoms with Crippen molar-refractivity contribution in [3.8, 4) is 23.2 Å². The van der Waals surface area contributed by atoms with Crippen LogP contribution in [0.3, 0.4) is 0 Å². The van der Waals surface area contributed by atoms with E-state index in [9.17, 15) is 18.8 Å². The van der Waals surface area contributed by atoms with E-state index in [4.69, 9.17) is 27.1 Å². The van der Waals surface area contributed by atoms with Crippen molar-refractivity contribution >= 4 is 60.7 Å². The second kappa shape index (κ2) is 11.6. The molecule has 4 atom stereocenters. The minimum Gasteiger partial charge on any atom is -0.461 e. The number of nitrogens with two attached hydrogens (primary N) is 1. The summed E-state index contributed by atoms with van der Waals surface area (Å²) >= 11 is 7.83. The van der Waals surface area contributed by atoms with Crippen molar-refractivity contribution < 1.29 is 22.7 Å². The lowest BCUT2D eigenvalue weighted by molar-refractivity contribution is -0.133. The summed E-state index contributed by atoms with van der Waals surface area (Å²) in [5.41, 5.74) is 5.97. The topological polar surface area (TPSA) is 112 Å². The number of carbonyl (C=O) groups excluding carboxylic acids is 1. The number of halogens is 4. The van der Waals surface area contributed by atoms with Crippen molar-refractivity contribution in [2.45, 2.75) is 75.7 Å². The zero-order valence-corrected chi connectivity index (χ0v) is 29.9. The van der Waals surface area contributed by atoms with Gasteiger partial charge in [-0.3, -0.25) is 9.69 Å². The monoisotopic (exact) mass is 735 g/mol. The van der Waals surface area contributed by atoms with Crippen LogP contribution in [0.25, 0.3) is 32.1 Å². The summed E-state index contributed by atoms with van der Waals surface area (Å²) in [7, 11) is 1.87. The number of nitrogens with zero attached hydrogens (tertiary/aromatic N) is 6. The van der Waals surface area contributed by atoms with Crippen molar-refractivity contribution in [2.24, 2.45) is 11.3 Å². The third kappa shape index (κ3) is 5.15. The van der Waals surface area contributed by atoms with E-state index >= 15 is 4.39 Å². The molecular weight excluding hydrogens is 699 g/mol. The molecule has 0 radical (unpaired) electrons. The molecule has 3 saturated heterocycles. The number of carbonyl (C=O) groups is 1. The number of ether oxygens (including phenoxy) is 1. The summed E-state index contributed by atoms with van der Waals surface area (Å²) < 4.78 is 53.5. The number of alkyl halides is 1. The van der Waals surface area contributed by atoms with Gasteiger partial charge in [0.25, 0.3) is 0 Å². The van der Waals surface area contributed by atoms with Crippen molar-refractivity contribution in [3.05, 3.63) is 40.4 Å². The SMILES string of the molecule is C[C@@H]1[C@H](N(C)c2nc(OC[C@]34C[C@@H](F)CN3CC3(CC3)C4)nc3c(F)c(-c4ccc(F)c5sc(N)c(C#N)c45)c(Cl)cc23)CCN1C(=O)C1CC1. The van der Waals surface area contributed by atoms with Gasteiger partial charge in [-0.15, -0.1) is 11.3 Å². The fourth-order valence-electron chi connectivity index (χ4n) is 9.25. The van der Waals surface area contributed by atoms with Crippen LogP contribution in [0.2, 0.25) is 5.02 Å². The minimum atomic E-state index is -0.951. The largest absolute Gasteiger partial charge is 0.461 e. The average Bonchev–Trinajstić information content (AvgIpc) is 3.96. The summed E-state index contributed by atoms with van der Waals surface area (Å²) in [5, 5.41) is 10.6. The number of nitriles is 1. The van der Waals surface area contributed by atoms with Gasteiger partial charge >= 0.3 is 6.01 Å². The summed E-state index contributed by atoms with van der Waals surface area (Å²) in [4.78, 5) is 28.7. The molecule has 2 saturated carbocycles. The van der Waals surface area contributed by atoms with Crippen LogP contribution in [0.5, 0.6) is 6.01 Å². The fraction of sp³-hybridized carbons (Fsp3) is 0.514. The number of likely N-dealkylation sites (tertiary alicyclic amines) is 1. The number of amides is 1. The Balaban J connectivity index is 1.16. The number of rotatable bonds is 7.